The summed E-state index contributed by atoms with van der Waals surface area (Å²) in [5.74, 6) is 0. The largest absolute Gasteiger partial charge is 0.368 e. The highest BCUT2D eigenvalue weighted by molar-refractivity contribution is 7.90. The fourth-order valence-corrected chi connectivity index (χ4v) is 3.51. The average molecular weight is 309 g/mol. The molecule has 1 fully saturated rings. The van der Waals surface area contributed by atoms with Crippen molar-refractivity contribution in [3.05, 3.63) is 29.3 Å². The lowest BCUT2D eigenvalue weighted by atomic mass is 10.2. The first-order chi connectivity index (χ1) is 8.54. The van der Waals surface area contributed by atoms with Gasteiger partial charge in [0, 0.05) is 26.2 Å². The Balaban J connectivity index is 2.06. The normalized spacial score (nSPS) is 18.0. The van der Waals surface area contributed by atoms with Gasteiger partial charge in [-0.05, 0) is 12.1 Å². The van der Waals surface area contributed by atoms with Crippen LogP contribution in [-0.2, 0) is 10.0 Å². The van der Waals surface area contributed by atoms with Gasteiger partial charge in [-0.25, -0.2) is 8.42 Å². The first kappa shape index (κ1) is 13.9. The van der Waals surface area contributed by atoms with Gasteiger partial charge in [-0.2, -0.15) is 4.31 Å². The van der Waals surface area contributed by atoms with E-state index in [0.29, 0.717) is 31.2 Å². The summed E-state index contributed by atoms with van der Waals surface area (Å²) >= 11 is 11.6. The third-order valence-corrected chi connectivity index (χ3v) is 5.54. The lowest BCUT2D eigenvalue weighted by Crippen LogP contribution is -2.49. The van der Waals surface area contributed by atoms with Gasteiger partial charge < -0.3 is 4.90 Å². The number of hydrogen-bond acceptors (Lipinski definition) is 3. The van der Waals surface area contributed by atoms with E-state index in [0.717, 1.165) is 5.69 Å². The highest BCUT2D eigenvalue weighted by Gasteiger charge is 2.26. The van der Waals surface area contributed by atoms with Gasteiger partial charge in [0.15, 0.2) is 0 Å². The molecule has 1 aromatic carbocycles. The molecular weight excluding hydrogens is 295 g/mol. The highest BCUT2D eigenvalue weighted by Crippen LogP contribution is 2.26. The van der Waals surface area contributed by atoms with Crippen LogP contribution in [0.15, 0.2) is 24.3 Å². The maximum atomic E-state index is 11.6. The Morgan fingerprint density at radius 3 is 2.28 bits per heavy atom. The molecular formula is C11H14Cl2N2O2S. The predicted molar refractivity (Wildman–Crippen MR) is 74.9 cm³/mol. The van der Waals surface area contributed by atoms with Gasteiger partial charge in [-0.15, -0.1) is 11.6 Å². The molecule has 4 nitrogen and oxygen atoms in total. The van der Waals surface area contributed by atoms with E-state index in [1.807, 2.05) is 24.3 Å². The number of rotatable bonds is 3. The topological polar surface area (TPSA) is 40.6 Å². The Labute approximate surface area is 117 Å². The van der Waals surface area contributed by atoms with Crippen molar-refractivity contribution in [2.24, 2.45) is 0 Å². The van der Waals surface area contributed by atoms with E-state index in [1.54, 1.807) is 0 Å². The van der Waals surface area contributed by atoms with Crippen LogP contribution in [0.25, 0.3) is 0 Å². The minimum absolute atomic E-state index is 0.362. The summed E-state index contributed by atoms with van der Waals surface area (Å²) in [4.78, 5) is 2.09. The van der Waals surface area contributed by atoms with Crippen LogP contribution in [0.3, 0.4) is 0 Å². The summed E-state index contributed by atoms with van der Waals surface area (Å²) < 4.78 is 24.7. The molecule has 0 saturated carbocycles. The van der Waals surface area contributed by atoms with Crippen molar-refractivity contribution in [3.63, 3.8) is 0 Å². The number of para-hydroxylation sites is 1. The number of nitrogens with zero attached hydrogens (tertiary/aromatic N) is 2. The summed E-state index contributed by atoms with van der Waals surface area (Å²) in [6, 6.07) is 7.57. The van der Waals surface area contributed by atoms with E-state index >= 15 is 0 Å². The van der Waals surface area contributed by atoms with Crippen LogP contribution in [0.1, 0.15) is 0 Å². The van der Waals surface area contributed by atoms with E-state index in [2.05, 4.69) is 4.90 Å². The summed E-state index contributed by atoms with van der Waals surface area (Å²) in [6.07, 6.45) is 0. The number of halogens is 2. The molecule has 0 bridgehead atoms. The maximum absolute atomic E-state index is 11.6. The quantitative estimate of drug-likeness (QED) is 0.802. The van der Waals surface area contributed by atoms with Crippen molar-refractivity contribution in [3.8, 4) is 0 Å². The van der Waals surface area contributed by atoms with E-state index < -0.39 is 10.0 Å². The molecule has 100 valence electrons. The minimum atomic E-state index is -3.30. The fraction of sp³-hybridized carbons (Fsp3) is 0.455. The van der Waals surface area contributed by atoms with Crippen molar-refractivity contribution in [2.45, 2.75) is 0 Å². The second kappa shape index (κ2) is 5.65. The van der Waals surface area contributed by atoms with Crippen molar-refractivity contribution in [2.75, 3.05) is 36.3 Å². The Morgan fingerprint density at radius 2 is 1.72 bits per heavy atom. The van der Waals surface area contributed by atoms with Gasteiger partial charge in [0.1, 0.15) is 5.21 Å². The van der Waals surface area contributed by atoms with E-state index in [1.165, 1.54) is 4.31 Å². The van der Waals surface area contributed by atoms with Crippen LogP contribution in [0.2, 0.25) is 5.02 Å². The third kappa shape index (κ3) is 2.91. The van der Waals surface area contributed by atoms with Crippen LogP contribution >= 0.6 is 23.2 Å². The van der Waals surface area contributed by atoms with Crippen LogP contribution < -0.4 is 4.90 Å². The standard InChI is InChI=1S/C11H14Cl2N2O2S/c12-9-18(16,17)15-7-5-14(6-8-15)11-4-2-1-3-10(11)13/h1-4H,5-9H2. The zero-order valence-electron chi connectivity index (χ0n) is 9.72. The van der Waals surface area contributed by atoms with Crippen molar-refractivity contribution < 1.29 is 8.42 Å². The third-order valence-electron chi connectivity index (χ3n) is 2.96. The van der Waals surface area contributed by atoms with Crippen LogP contribution in [-0.4, -0.2) is 44.1 Å². The van der Waals surface area contributed by atoms with E-state index in [-0.39, 0.29) is 5.21 Å². The molecule has 7 heteroatoms. The molecule has 0 N–H and O–H groups in total. The molecule has 0 unspecified atom stereocenters. The van der Waals surface area contributed by atoms with Gasteiger partial charge in [0.25, 0.3) is 0 Å². The number of anilines is 1. The Kier molecular flexibility index (Phi) is 4.37. The van der Waals surface area contributed by atoms with Crippen LogP contribution in [0.5, 0.6) is 0 Å². The van der Waals surface area contributed by atoms with Gasteiger partial charge in [-0.3, -0.25) is 0 Å². The number of piperazine rings is 1. The lowest BCUT2D eigenvalue weighted by molar-refractivity contribution is 0.387. The molecule has 1 aliphatic rings. The molecule has 18 heavy (non-hydrogen) atoms. The lowest BCUT2D eigenvalue weighted by Gasteiger charge is -2.35. The average Bonchev–Trinajstić information content (AvgIpc) is 2.39. The van der Waals surface area contributed by atoms with Crippen LogP contribution in [0, 0.1) is 0 Å². The van der Waals surface area contributed by atoms with E-state index in [4.69, 9.17) is 23.2 Å². The van der Waals surface area contributed by atoms with Crippen molar-refractivity contribution in [1.29, 1.82) is 0 Å². The molecule has 0 aromatic heterocycles. The molecule has 0 atom stereocenters. The number of sulfonamides is 1. The van der Waals surface area contributed by atoms with Gasteiger partial charge >= 0.3 is 0 Å². The first-order valence-electron chi connectivity index (χ1n) is 5.58. The van der Waals surface area contributed by atoms with Crippen molar-refractivity contribution >= 4 is 38.9 Å². The highest BCUT2D eigenvalue weighted by atomic mass is 35.5. The van der Waals surface area contributed by atoms with Gasteiger partial charge in [-0.1, -0.05) is 23.7 Å². The Morgan fingerprint density at radius 1 is 1.11 bits per heavy atom. The number of hydrogen-bond donors (Lipinski definition) is 0. The molecule has 0 radical (unpaired) electrons. The van der Waals surface area contributed by atoms with Crippen LogP contribution in [0.4, 0.5) is 5.69 Å². The predicted octanol–water partition coefficient (Wildman–Crippen LogP) is 1.99. The summed E-state index contributed by atoms with van der Waals surface area (Å²) in [7, 11) is -3.30. The molecule has 0 aliphatic carbocycles. The first-order valence-corrected chi connectivity index (χ1v) is 8.10. The number of benzene rings is 1. The minimum Gasteiger partial charge on any atom is -0.368 e. The maximum Gasteiger partial charge on any atom is 0.228 e. The Bertz CT molecular complexity index is 514. The van der Waals surface area contributed by atoms with Gasteiger partial charge in [0.05, 0.1) is 10.7 Å². The summed E-state index contributed by atoms with van der Waals surface area (Å²) in [5.41, 5.74) is 0.946. The van der Waals surface area contributed by atoms with Gasteiger partial charge in [0.2, 0.25) is 10.0 Å². The summed E-state index contributed by atoms with van der Waals surface area (Å²) in [5, 5.41) is 0.324. The molecule has 1 saturated heterocycles. The molecule has 0 spiro atoms. The molecule has 0 amide bonds. The zero-order valence-corrected chi connectivity index (χ0v) is 12.0. The molecule has 1 aromatic rings. The fourth-order valence-electron chi connectivity index (χ4n) is 1.98. The molecule has 1 aliphatic heterocycles. The Hall–Kier alpha value is -0.490. The zero-order chi connectivity index (χ0) is 13.2. The number of alkyl halides is 1. The second-order valence-electron chi connectivity index (χ2n) is 4.06. The summed E-state index contributed by atoms with van der Waals surface area (Å²) in [6.45, 7) is 2.14. The van der Waals surface area contributed by atoms with E-state index in [9.17, 15) is 8.42 Å². The molecule has 1 heterocycles. The van der Waals surface area contributed by atoms with Crippen molar-refractivity contribution in [1.82, 2.24) is 4.31 Å². The second-order valence-corrected chi connectivity index (χ2v) is 7.02. The SMILES string of the molecule is O=S(=O)(CCl)N1CCN(c2ccccc2Cl)CC1. The monoisotopic (exact) mass is 308 g/mol. The smallest absolute Gasteiger partial charge is 0.228 e. The molecule has 2 rings (SSSR count).